The molecule has 0 unspecified atom stereocenters. The Labute approximate surface area is 134 Å². The van der Waals surface area contributed by atoms with Crippen LogP contribution in [-0.2, 0) is 4.79 Å². The van der Waals surface area contributed by atoms with E-state index in [1.165, 1.54) is 16.2 Å². The molecule has 0 saturated heterocycles. The maximum atomic E-state index is 12.2. The highest BCUT2D eigenvalue weighted by Crippen LogP contribution is 2.36. The average molecular weight is 317 g/mol. The number of thiophene rings is 1. The van der Waals surface area contributed by atoms with Crippen molar-refractivity contribution in [1.29, 1.82) is 0 Å². The second-order valence-corrected chi connectivity index (χ2v) is 6.60. The molecule has 1 aromatic carbocycles. The molecule has 0 saturated carbocycles. The first-order valence-corrected chi connectivity index (χ1v) is 7.91. The van der Waals surface area contributed by atoms with E-state index in [9.17, 15) is 14.7 Å². The molecule has 0 aliphatic carbocycles. The smallest absolute Gasteiger partial charge is 0.348 e. The van der Waals surface area contributed by atoms with Gasteiger partial charge in [0.1, 0.15) is 4.88 Å². The van der Waals surface area contributed by atoms with Crippen molar-refractivity contribution in [3.05, 3.63) is 41.3 Å². The number of carbonyl (C=O) groups excluding carboxylic acids is 1. The fraction of sp³-hybridized carbons (Fsp3) is 0.294. The first kappa shape index (κ1) is 16.2. The van der Waals surface area contributed by atoms with Crippen LogP contribution >= 0.6 is 11.3 Å². The van der Waals surface area contributed by atoms with Crippen LogP contribution in [0.5, 0.6) is 0 Å². The van der Waals surface area contributed by atoms with Gasteiger partial charge in [-0.1, -0.05) is 44.2 Å². The molecule has 2 rings (SSSR count). The van der Waals surface area contributed by atoms with Crippen LogP contribution in [0.4, 0.5) is 5.69 Å². The summed E-state index contributed by atoms with van der Waals surface area (Å²) in [7, 11) is 1.63. The molecule has 0 radical (unpaired) electrons. The summed E-state index contributed by atoms with van der Waals surface area (Å²) < 4.78 is 0. The zero-order chi connectivity index (χ0) is 16.3. The summed E-state index contributed by atoms with van der Waals surface area (Å²) in [5, 5.41) is 9.41. The van der Waals surface area contributed by atoms with E-state index in [0.717, 1.165) is 10.4 Å². The number of benzene rings is 1. The quantitative estimate of drug-likeness (QED) is 0.902. The van der Waals surface area contributed by atoms with Crippen LogP contribution in [0.15, 0.2) is 36.4 Å². The Hall–Kier alpha value is -2.14. The third-order valence-electron chi connectivity index (χ3n) is 3.28. The molecule has 22 heavy (non-hydrogen) atoms. The first-order valence-electron chi connectivity index (χ1n) is 7.09. The van der Waals surface area contributed by atoms with Gasteiger partial charge in [-0.3, -0.25) is 4.79 Å². The number of rotatable bonds is 5. The van der Waals surface area contributed by atoms with Crippen molar-refractivity contribution in [3.63, 3.8) is 0 Å². The van der Waals surface area contributed by atoms with Gasteiger partial charge in [0.2, 0.25) is 5.91 Å². The van der Waals surface area contributed by atoms with Crippen molar-refractivity contribution in [1.82, 2.24) is 0 Å². The molecular formula is C17H19NO3S. The largest absolute Gasteiger partial charge is 0.477 e. The van der Waals surface area contributed by atoms with E-state index in [4.69, 9.17) is 0 Å². The Morgan fingerprint density at radius 1 is 1.23 bits per heavy atom. The molecule has 0 fully saturated rings. The second-order valence-electron chi connectivity index (χ2n) is 5.55. The van der Waals surface area contributed by atoms with E-state index in [1.54, 1.807) is 13.1 Å². The lowest BCUT2D eigenvalue weighted by Gasteiger charge is -2.17. The molecule has 0 atom stereocenters. The van der Waals surface area contributed by atoms with Crippen LogP contribution in [-0.4, -0.2) is 24.0 Å². The molecule has 0 spiro atoms. The van der Waals surface area contributed by atoms with Crippen LogP contribution < -0.4 is 4.90 Å². The zero-order valence-corrected chi connectivity index (χ0v) is 13.7. The number of amides is 1. The number of hydrogen-bond donors (Lipinski definition) is 1. The van der Waals surface area contributed by atoms with Gasteiger partial charge in [0.15, 0.2) is 0 Å². The third kappa shape index (κ3) is 3.54. The van der Waals surface area contributed by atoms with Gasteiger partial charge in [0.25, 0.3) is 0 Å². The monoisotopic (exact) mass is 317 g/mol. The van der Waals surface area contributed by atoms with Gasteiger partial charge in [0.05, 0.1) is 5.69 Å². The number of aromatic carboxylic acids is 1. The minimum absolute atomic E-state index is 0.0742. The fourth-order valence-corrected chi connectivity index (χ4v) is 3.18. The molecule has 1 heterocycles. The molecule has 116 valence electrons. The lowest BCUT2D eigenvalue weighted by atomic mass is 10.1. The maximum Gasteiger partial charge on any atom is 0.348 e. The molecule has 0 aliphatic heterocycles. The highest BCUT2D eigenvalue weighted by atomic mass is 32.1. The Balaban J connectivity index is 2.40. The average Bonchev–Trinajstić information content (AvgIpc) is 2.92. The molecule has 4 nitrogen and oxygen atoms in total. The van der Waals surface area contributed by atoms with Gasteiger partial charge in [-0.2, -0.15) is 0 Å². The van der Waals surface area contributed by atoms with Crippen LogP contribution in [0.1, 0.15) is 29.9 Å². The van der Waals surface area contributed by atoms with Gasteiger partial charge < -0.3 is 10.0 Å². The Kier molecular flexibility index (Phi) is 4.98. The summed E-state index contributed by atoms with van der Waals surface area (Å²) in [5.41, 5.74) is 1.41. The van der Waals surface area contributed by atoms with Crippen molar-refractivity contribution in [2.75, 3.05) is 11.9 Å². The van der Waals surface area contributed by atoms with Crippen molar-refractivity contribution in [3.8, 4) is 10.4 Å². The van der Waals surface area contributed by atoms with E-state index in [-0.39, 0.29) is 16.7 Å². The summed E-state index contributed by atoms with van der Waals surface area (Å²) in [4.78, 5) is 26.2. The first-order chi connectivity index (χ1) is 10.4. The Morgan fingerprint density at radius 3 is 2.41 bits per heavy atom. The maximum absolute atomic E-state index is 12.2. The van der Waals surface area contributed by atoms with E-state index in [0.29, 0.717) is 12.1 Å². The van der Waals surface area contributed by atoms with Crippen molar-refractivity contribution < 1.29 is 14.7 Å². The molecule has 0 bridgehead atoms. The number of carbonyl (C=O) groups is 2. The molecule has 5 heteroatoms. The van der Waals surface area contributed by atoms with Gasteiger partial charge in [-0.25, -0.2) is 4.79 Å². The molecule has 0 aliphatic rings. The fourth-order valence-electron chi connectivity index (χ4n) is 2.15. The van der Waals surface area contributed by atoms with Gasteiger partial charge >= 0.3 is 5.97 Å². The summed E-state index contributed by atoms with van der Waals surface area (Å²) in [5.74, 6) is -0.850. The molecule has 1 N–H and O–H groups in total. The second kappa shape index (κ2) is 6.75. The van der Waals surface area contributed by atoms with Gasteiger partial charge in [0, 0.05) is 18.3 Å². The van der Waals surface area contributed by atoms with Crippen LogP contribution in [0.25, 0.3) is 10.4 Å². The van der Waals surface area contributed by atoms with E-state index >= 15 is 0 Å². The number of nitrogens with zero attached hydrogens (tertiary/aromatic N) is 1. The van der Waals surface area contributed by atoms with Crippen molar-refractivity contribution in [2.45, 2.75) is 20.3 Å². The predicted molar refractivity (Wildman–Crippen MR) is 89.6 cm³/mol. The van der Waals surface area contributed by atoms with E-state index in [1.807, 2.05) is 44.2 Å². The van der Waals surface area contributed by atoms with E-state index < -0.39 is 5.97 Å². The number of carboxylic acid groups (broad SMARTS) is 1. The Morgan fingerprint density at radius 2 is 1.86 bits per heavy atom. The number of anilines is 1. The third-order valence-corrected chi connectivity index (χ3v) is 4.44. The number of carboxylic acids is 1. The van der Waals surface area contributed by atoms with Crippen LogP contribution in [0.3, 0.4) is 0 Å². The molecular weight excluding hydrogens is 298 g/mol. The van der Waals surface area contributed by atoms with Crippen molar-refractivity contribution in [2.24, 2.45) is 5.92 Å². The summed E-state index contributed by atoms with van der Waals surface area (Å²) >= 11 is 1.19. The Bertz CT molecular complexity index is 676. The topological polar surface area (TPSA) is 57.6 Å². The van der Waals surface area contributed by atoms with Crippen LogP contribution in [0, 0.1) is 5.92 Å². The standard InChI is InChI=1S/C17H19NO3S/c1-11(2)9-15(19)18(3)13-10-14(22-16(13)17(20)21)12-7-5-4-6-8-12/h4-8,10-11H,9H2,1-3H3,(H,20,21). The molecule has 2 aromatic rings. The summed E-state index contributed by atoms with van der Waals surface area (Å²) in [6, 6.07) is 11.4. The number of hydrogen-bond acceptors (Lipinski definition) is 3. The zero-order valence-electron chi connectivity index (χ0n) is 12.9. The minimum atomic E-state index is -1.01. The molecule has 1 amide bonds. The van der Waals surface area contributed by atoms with E-state index in [2.05, 4.69) is 0 Å². The van der Waals surface area contributed by atoms with Gasteiger partial charge in [-0.15, -0.1) is 11.3 Å². The van der Waals surface area contributed by atoms with Crippen molar-refractivity contribution >= 4 is 28.9 Å². The summed E-state index contributed by atoms with van der Waals surface area (Å²) in [6.45, 7) is 3.93. The normalized spacial score (nSPS) is 10.7. The molecule has 1 aromatic heterocycles. The summed E-state index contributed by atoms with van der Waals surface area (Å²) in [6.07, 6.45) is 0.395. The van der Waals surface area contributed by atoms with Gasteiger partial charge in [-0.05, 0) is 17.5 Å². The highest BCUT2D eigenvalue weighted by molar-refractivity contribution is 7.18. The van der Waals surface area contributed by atoms with Crippen LogP contribution in [0.2, 0.25) is 0 Å². The SMILES string of the molecule is CC(C)CC(=O)N(C)c1cc(-c2ccccc2)sc1C(=O)O. The lowest BCUT2D eigenvalue weighted by molar-refractivity contribution is -0.119. The lowest BCUT2D eigenvalue weighted by Crippen LogP contribution is -2.28. The predicted octanol–water partition coefficient (Wildman–Crippen LogP) is 4.12. The highest BCUT2D eigenvalue weighted by Gasteiger charge is 2.22. The minimum Gasteiger partial charge on any atom is -0.477 e.